The largest absolute Gasteiger partial charge is 0.376 e. The molecule has 2 fully saturated rings. The Bertz CT molecular complexity index is 487. The Hall–Kier alpha value is -1.69. The van der Waals surface area contributed by atoms with Gasteiger partial charge in [0, 0.05) is 19.7 Å². The fraction of sp³-hybridized carbons (Fsp3) is 0.583. The normalized spacial score (nSPS) is 21.6. The zero-order valence-corrected chi connectivity index (χ0v) is 10.6. The smallest absolute Gasteiger partial charge is 0.326 e. The van der Waals surface area contributed by atoms with Crippen LogP contribution in [0.15, 0.2) is 12.3 Å². The van der Waals surface area contributed by atoms with Crippen LogP contribution in [0.3, 0.4) is 0 Å². The van der Waals surface area contributed by atoms with Crippen LogP contribution in [0.1, 0.15) is 12.7 Å². The third-order valence-electron chi connectivity index (χ3n) is 3.71. The first kappa shape index (κ1) is 11.4. The molecule has 3 rings (SSSR count). The van der Waals surface area contributed by atoms with Crippen molar-refractivity contribution >= 4 is 11.8 Å². The molecule has 6 nitrogen and oxygen atoms in total. The Morgan fingerprint density at radius 2 is 2.28 bits per heavy atom. The van der Waals surface area contributed by atoms with Gasteiger partial charge in [0.05, 0.1) is 19.8 Å². The quantitative estimate of drug-likeness (QED) is 0.772. The predicted octanol–water partition coefficient (Wildman–Crippen LogP) is 0.680. The molecule has 3 heterocycles. The van der Waals surface area contributed by atoms with Gasteiger partial charge in [-0.2, -0.15) is 0 Å². The molecule has 1 aromatic rings. The summed E-state index contributed by atoms with van der Waals surface area (Å²) in [6.07, 6.45) is 2.47. The molecule has 18 heavy (non-hydrogen) atoms. The van der Waals surface area contributed by atoms with E-state index < -0.39 is 0 Å². The lowest BCUT2D eigenvalue weighted by Crippen LogP contribution is -2.60. The summed E-state index contributed by atoms with van der Waals surface area (Å²) in [6.45, 7) is 3.86. The molecule has 0 aliphatic carbocycles. The number of hydrogen-bond acceptors (Lipinski definition) is 4. The summed E-state index contributed by atoms with van der Waals surface area (Å²) in [5.74, 6) is 1.44. The van der Waals surface area contributed by atoms with E-state index >= 15 is 0 Å². The fourth-order valence-electron chi connectivity index (χ4n) is 2.36. The maximum atomic E-state index is 12.2. The number of nitrogens with zero attached hydrogens (tertiary/aromatic N) is 4. The highest BCUT2D eigenvalue weighted by atomic mass is 16.5. The Kier molecular flexibility index (Phi) is 2.48. The second kappa shape index (κ2) is 3.91. The number of carbonyl (C=O) groups is 1. The monoisotopic (exact) mass is 248 g/mol. The van der Waals surface area contributed by atoms with Crippen LogP contribution in [0, 0.1) is 0 Å². The van der Waals surface area contributed by atoms with Gasteiger partial charge in [-0.25, -0.2) is 14.8 Å². The summed E-state index contributed by atoms with van der Waals surface area (Å²) in [4.78, 5) is 24.3. The van der Waals surface area contributed by atoms with E-state index in [0.717, 1.165) is 12.2 Å². The lowest BCUT2D eigenvalue weighted by molar-refractivity contribution is -0.0978. The highest BCUT2D eigenvalue weighted by Gasteiger charge is 2.53. The van der Waals surface area contributed by atoms with E-state index in [-0.39, 0.29) is 11.6 Å². The lowest BCUT2D eigenvalue weighted by atomic mass is 9.97. The molecule has 0 atom stereocenters. The molecular formula is C12H16N4O2. The van der Waals surface area contributed by atoms with Gasteiger partial charge in [0.25, 0.3) is 0 Å². The first-order valence-corrected chi connectivity index (χ1v) is 6.11. The third-order valence-corrected chi connectivity index (χ3v) is 3.71. The summed E-state index contributed by atoms with van der Waals surface area (Å²) in [7, 11) is 1.83. The van der Waals surface area contributed by atoms with Crippen molar-refractivity contribution in [2.75, 3.05) is 31.7 Å². The molecule has 0 radical (unpaired) electrons. The predicted molar refractivity (Wildman–Crippen MR) is 65.5 cm³/mol. The molecule has 0 saturated carbocycles. The van der Waals surface area contributed by atoms with Crippen LogP contribution >= 0.6 is 0 Å². The number of rotatable bonds is 2. The summed E-state index contributed by atoms with van der Waals surface area (Å²) in [5.41, 5.74) is -0.158. The topological polar surface area (TPSA) is 58.6 Å². The Balaban J connectivity index is 1.90. The average molecular weight is 248 g/mol. The second-order valence-corrected chi connectivity index (χ2v) is 4.83. The van der Waals surface area contributed by atoms with E-state index in [1.165, 1.54) is 0 Å². The molecule has 1 aromatic heterocycles. The van der Waals surface area contributed by atoms with E-state index in [2.05, 4.69) is 9.97 Å². The minimum atomic E-state index is -0.158. The van der Waals surface area contributed by atoms with Gasteiger partial charge >= 0.3 is 6.03 Å². The molecule has 1 spiro atoms. The number of urea groups is 1. The molecule has 2 aliphatic heterocycles. The van der Waals surface area contributed by atoms with Gasteiger partial charge in [0.1, 0.15) is 17.2 Å². The Morgan fingerprint density at radius 1 is 1.50 bits per heavy atom. The van der Waals surface area contributed by atoms with Crippen LogP contribution < -0.4 is 4.90 Å². The van der Waals surface area contributed by atoms with E-state index in [4.69, 9.17) is 4.74 Å². The highest BCUT2D eigenvalue weighted by molar-refractivity contribution is 5.94. The van der Waals surface area contributed by atoms with Crippen LogP contribution in [-0.4, -0.2) is 53.2 Å². The van der Waals surface area contributed by atoms with Gasteiger partial charge in [-0.05, 0) is 6.07 Å². The van der Waals surface area contributed by atoms with Crippen molar-refractivity contribution in [2.45, 2.75) is 18.9 Å². The molecule has 96 valence electrons. The van der Waals surface area contributed by atoms with Crippen LogP contribution in [0.2, 0.25) is 0 Å². The molecule has 2 saturated heterocycles. The van der Waals surface area contributed by atoms with Gasteiger partial charge < -0.3 is 9.64 Å². The van der Waals surface area contributed by atoms with Crippen LogP contribution in [0.5, 0.6) is 0 Å². The SMILES string of the molecule is CCc1nccc(N2CC3(COC3)N(C)C2=O)n1. The molecular weight excluding hydrogens is 232 g/mol. The molecule has 2 amide bonds. The number of aryl methyl sites for hydroxylation is 1. The number of ether oxygens (including phenoxy) is 1. The van der Waals surface area contributed by atoms with E-state index in [1.54, 1.807) is 22.1 Å². The number of likely N-dealkylation sites (N-methyl/N-ethyl adjacent to an activating group) is 1. The number of aromatic nitrogens is 2. The van der Waals surface area contributed by atoms with Gasteiger partial charge in [-0.3, -0.25) is 4.90 Å². The number of hydrogen-bond donors (Lipinski definition) is 0. The minimum Gasteiger partial charge on any atom is -0.376 e. The van der Waals surface area contributed by atoms with Crippen molar-refractivity contribution in [2.24, 2.45) is 0 Å². The first-order chi connectivity index (χ1) is 8.66. The zero-order chi connectivity index (χ0) is 12.8. The van der Waals surface area contributed by atoms with Crippen LogP contribution in [0.4, 0.5) is 10.6 Å². The maximum Gasteiger partial charge on any atom is 0.326 e. The molecule has 0 N–H and O–H groups in total. The standard InChI is InChI=1S/C12H16N4O2/c1-3-9-13-5-4-10(14-9)16-6-12(7-18-8-12)15(2)11(16)17/h4-5H,3,6-8H2,1-2H3. The first-order valence-electron chi connectivity index (χ1n) is 6.11. The fourth-order valence-corrected chi connectivity index (χ4v) is 2.36. The van der Waals surface area contributed by atoms with Crippen molar-refractivity contribution in [3.8, 4) is 0 Å². The molecule has 0 bridgehead atoms. The van der Waals surface area contributed by atoms with E-state index in [1.807, 2.05) is 14.0 Å². The van der Waals surface area contributed by atoms with Crippen molar-refractivity contribution in [1.29, 1.82) is 0 Å². The molecule has 6 heteroatoms. The lowest BCUT2D eigenvalue weighted by Gasteiger charge is -2.41. The number of carbonyl (C=O) groups excluding carboxylic acids is 1. The third kappa shape index (κ3) is 1.49. The van der Waals surface area contributed by atoms with Gasteiger partial charge in [0.2, 0.25) is 0 Å². The van der Waals surface area contributed by atoms with Gasteiger partial charge in [-0.15, -0.1) is 0 Å². The van der Waals surface area contributed by atoms with E-state index in [9.17, 15) is 4.79 Å². The van der Waals surface area contributed by atoms with Gasteiger partial charge in [-0.1, -0.05) is 6.92 Å². The Labute approximate surface area is 106 Å². The van der Waals surface area contributed by atoms with Crippen molar-refractivity contribution < 1.29 is 9.53 Å². The number of anilines is 1. The number of amides is 2. The molecule has 2 aliphatic rings. The van der Waals surface area contributed by atoms with E-state index in [0.29, 0.717) is 25.6 Å². The molecule has 0 unspecified atom stereocenters. The second-order valence-electron chi connectivity index (χ2n) is 4.83. The highest BCUT2D eigenvalue weighted by Crippen LogP contribution is 2.33. The van der Waals surface area contributed by atoms with Crippen LogP contribution in [-0.2, 0) is 11.2 Å². The Morgan fingerprint density at radius 3 is 2.83 bits per heavy atom. The van der Waals surface area contributed by atoms with Crippen LogP contribution in [0.25, 0.3) is 0 Å². The summed E-state index contributed by atoms with van der Waals surface area (Å²) >= 11 is 0. The minimum absolute atomic E-state index is 0.0148. The van der Waals surface area contributed by atoms with Gasteiger partial charge in [0.15, 0.2) is 0 Å². The van der Waals surface area contributed by atoms with Crippen molar-refractivity contribution in [1.82, 2.24) is 14.9 Å². The zero-order valence-electron chi connectivity index (χ0n) is 10.6. The summed E-state index contributed by atoms with van der Waals surface area (Å²) in [5, 5.41) is 0. The maximum absolute atomic E-state index is 12.2. The summed E-state index contributed by atoms with van der Waals surface area (Å²) < 4.78 is 5.25. The van der Waals surface area contributed by atoms with Crippen molar-refractivity contribution in [3.05, 3.63) is 18.1 Å². The van der Waals surface area contributed by atoms with Crippen molar-refractivity contribution in [3.63, 3.8) is 0 Å². The average Bonchev–Trinajstić information content (AvgIpc) is 2.63. The molecule has 0 aromatic carbocycles. The summed E-state index contributed by atoms with van der Waals surface area (Å²) in [6, 6.07) is 1.77.